The minimum Gasteiger partial charge on any atom is -0.496 e. The summed E-state index contributed by atoms with van der Waals surface area (Å²) in [5, 5.41) is 2.67. The second-order valence-electron chi connectivity index (χ2n) is 5.75. The lowest BCUT2D eigenvalue weighted by atomic mass is 10.2. The molecule has 146 valence electrons. The highest BCUT2D eigenvalue weighted by molar-refractivity contribution is 7.88. The van der Waals surface area contributed by atoms with E-state index in [9.17, 15) is 13.2 Å². The summed E-state index contributed by atoms with van der Waals surface area (Å²) in [5.41, 5.74) is 1.42. The summed E-state index contributed by atoms with van der Waals surface area (Å²) < 4.78 is 37.1. The number of benzene rings is 2. The highest BCUT2D eigenvalue weighted by atomic mass is 32.2. The summed E-state index contributed by atoms with van der Waals surface area (Å²) in [6.45, 7) is 2.35. The highest BCUT2D eigenvalue weighted by Gasteiger charge is 2.14. The van der Waals surface area contributed by atoms with Gasteiger partial charge < -0.3 is 14.8 Å². The molecule has 0 aromatic heterocycles. The summed E-state index contributed by atoms with van der Waals surface area (Å²) in [7, 11) is -2.08. The van der Waals surface area contributed by atoms with Crippen LogP contribution < -0.4 is 19.5 Å². The molecular formula is C19H24N2O5S. The van der Waals surface area contributed by atoms with Crippen LogP contribution in [0.2, 0.25) is 0 Å². The van der Waals surface area contributed by atoms with Crippen LogP contribution in [0.3, 0.4) is 0 Å². The van der Waals surface area contributed by atoms with E-state index < -0.39 is 15.9 Å². The minimum absolute atomic E-state index is 0.209. The average Bonchev–Trinajstić information content (AvgIpc) is 2.66. The largest absolute Gasteiger partial charge is 0.496 e. The van der Waals surface area contributed by atoms with E-state index in [1.165, 1.54) is 0 Å². The lowest BCUT2D eigenvalue weighted by molar-refractivity contribution is -0.120. The van der Waals surface area contributed by atoms with E-state index in [4.69, 9.17) is 9.47 Å². The predicted octanol–water partition coefficient (Wildman–Crippen LogP) is 1.83. The Morgan fingerprint density at radius 3 is 2.44 bits per heavy atom. The van der Waals surface area contributed by atoms with Crippen molar-refractivity contribution >= 4 is 15.9 Å². The van der Waals surface area contributed by atoms with Crippen molar-refractivity contribution in [2.75, 3.05) is 20.3 Å². The number of sulfonamides is 1. The molecule has 0 unspecified atom stereocenters. The molecule has 8 heteroatoms. The minimum atomic E-state index is -3.63. The quantitative estimate of drug-likeness (QED) is 0.643. The molecule has 0 bridgehead atoms. The van der Waals surface area contributed by atoms with Crippen molar-refractivity contribution in [3.8, 4) is 11.5 Å². The normalized spacial score (nSPS) is 11.0. The highest BCUT2D eigenvalue weighted by Crippen LogP contribution is 2.16. The summed E-state index contributed by atoms with van der Waals surface area (Å²) in [5.74, 6) is 0.714. The zero-order valence-corrected chi connectivity index (χ0v) is 16.2. The zero-order chi connectivity index (χ0) is 19.7. The Morgan fingerprint density at radius 2 is 1.78 bits per heavy atom. The Morgan fingerprint density at radius 1 is 1.07 bits per heavy atom. The van der Waals surface area contributed by atoms with Gasteiger partial charge in [0, 0.05) is 12.1 Å². The van der Waals surface area contributed by atoms with Crippen LogP contribution in [-0.4, -0.2) is 34.6 Å². The first-order valence-corrected chi connectivity index (χ1v) is 10.2. The maximum absolute atomic E-state index is 12.1. The van der Waals surface area contributed by atoms with Gasteiger partial charge in [0.05, 0.1) is 26.0 Å². The molecule has 0 aliphatic carbocycles. The van der Waals surface area contributed by atoms with E-state index in [2.05, 4.69) is 10.0 Å². The SMILES string of the molecule is CCOc1ccc(CS(=O)(=O)NCC(=O)NCc2ccccc2OC)cc1. The fourth-order valence-electron chi connectivity index (χ4n) is 2.40. The van der Waals surface area contributed by atoms with Crippen LogP contribution in [0.1, 0.15) is 18.1 Å². The number of methoxy groups -OCH3 is 1. The van der Waals surface area contributed by atoms with Crippen LogP contribution in [0.25, 0.3) is 0 Å². The van der Waals surface area contributed by atoms with Crippen LogP contribution in [0.15, 0.2) is 48.5 Å². The van der Waals surface area contributed by atoms with Crippen LogP contribution in [0.5, 0.6) is 11.5 Å². The van der Waals surface area contributed by atoms with Crippen molar-refractivity contribution in [3.63, 3.8) is 0 Å². The van der Waals surface area contributed by atoms with Crippen LogP contribution >= 0.6 is 0 Å². The molecule has 2 N–H and O–H groups in total. The maximum atomic E-state index is 12.1. The van der Waals surface area contributed by atoms with E-state index in [-0.39, 0.29) is 18.8 Å². The smallest absolute Gasteiger partial charge is 0.235 e. The molecule has 0 fully saturated rings. The van der Waals surface area contributed by atoms with E-state index in [0.29, 0.717) is 23.7 Å². The van der Waals surface area contributed by atoms with Gasteiger partial charge in [0.1, 0.15) is 11.5 Å². The molecule has 2 aromatic rings. The first kappa shape index (κ1) is 20.7. The standard InChI is InChI=1S/C19H24N2O5S/c1-3-26-17-10-8-15(9-11-17)14-27(23,24)21-13-19(22)20-12-16-6-4-5-7-18(16)25-2/h4-11,21H,3,12-14H2,1-2H3,(H,20,22). The van der Waals surface area contributed by atoms with E-state index in [1.54, 1.807) is 37.4 Å². The molecule has 2 aromatic carbocycles. The van der Waals surface area contributed by atoms with Gasteiger partial charge in [-0.2, -0.15) is 0 Å². The van der Waals surface area contributed by atoms with Gasteiger partial charge >= 0.3 is 0 Å². The number of nitrogens with one attached hydrogen (secondary N) is 2. The number of carbonyl (C=O) groups excluding carboxylic acids is 1. The monoisotopic (exact) mass is 392 g/mol. The molecule has 0 aliphatic rings. The summed E-state index contributed by atoms with van der Waals surface area (Å²) in [4.78, 5) is 11.9. The summed E-state index contributed by atoms with van der Waals surface area (Å²) in [6, 6.07) is 14.1. The Kier molecular flexibility index (Phi) is 7.63. The van der Waals surface area contributed by atoms with Gasteiger partial charge in [0.25, 0.3) is 0 Å². The number of hydrogen-bond acceptors (Lipinski definition) is 5. The van der Waals surface area contributed by atoms with Crippen LogP contribution in [0.4, 0.5) is 0 Å². The second kappa shape index (κ2) is 9.94. The molecule has 0 aliphatic heterocycles. The molecule has 7 nitrogen and oxygen atoms in total. The fourth-order valence-corrected chi connectivity index (χ4v) is 3.48. The number of carbonyl (C=O) groups is 1. The molecule has 0 saturated carbocycles. The lowest BCUT2D eigenvalue weighted by Crippen LogP contribution is -2.37. The van der Waals surface area contributed by atoms with Gasteiger partial charge in [-0.1, -0.05) is 30.3 Å². The summed E-state index contributed by atoms with van der Waals surface area (Å²) >= 11 is 0. The van der Waals surface area contributed by atoms with Crippen LogP contribution in [0, 0.1) is 0 Å². The van der Waals surface area contributed by atoms with E-state index in [0.717, 1.165) is 5.56 Å². The van der Waals surface area contributed by atoms with Crippen molar-refractivity contribution in [3.05, 3.63) is 59.7 Å². The van der Waals surface area contributed by atoms with Crippen molar-refractivity contribution in [2.24, 2.45) is 0 Å². The van der Waals surface area contributed by atoms with Gasteiger partial charge in [-0.05, 0) is 30.7 Å². The molecule has 2 rings (SSSR count). The number of ether oxygens (including phenoxy) is 2. The first-order chi connectivity index (χ1) is 12.9. The van der Waals surface area contributed by atoms with Gasteiger partial charge in [-0.3, -0.25) is 4.79 Å². The Balaban J connectivity index is 1.82. The Labute approximate surface area is 159 Å². The molecule has 0 saturated heterocycles. The van der Waals surface area contributed by atoms with Crippen molar-refractivity contribution < 1.29 is 22.7 Å². The first-order valence-electron chi connectivity index (χ1n) is 8.51. The topological polar surface area (TPSA) is 93.7 Å². The fraction of sp³-hybridized carbons (Fsp3) is 0.316. The van der Waals surface area contributed by atoms with Crippen molar-refractivity contribution in [1.82, 2.24) is 10.0 Å². The second-order valence-corrected chi connectivity index (χ2v) is 7.55. The number of para-hydroxylation sites is 1. The van der Waals surface area contributed by atoms with Crippen molar-refractivity contribution in [1.29, 1.82) is 0 Å². The number of hydrogen-bond donors (Lipinski definition) is 2. The molecule has 0 heterocycles. The van der Waals surface area contributed by atoms with Gasteiger partial charge in [-0.25, -0.2) is 13.1 Å². The third kappa shape index (κ3) is 6.92. The Hall–Kier alpha value is -2.58. The molecule has 1 amide bonds. The van der Waals surface area contributed by atoms with Gasteiger partial charge in [0.15, 0.2) is 0 Å². The predicted molar refractivity (Wildman–Crippen MR) is 103 cm³/mol. The number of rotatable bonds is 10. The van der Waals surface area contributed by atoms with E-state index in [1.807, 2.05) is 25.1 Å². The van der Waals surface area contributed by atoms with E-state index >= 15 is 0 Å². The van der Waals surface area contributed by atoms with Gasteiger partial charge in [0.2, 0.25) is 15.9 Å². The summed E-state index contributed by atoms with van der Waals surface area (Å²) in [6.07, 6.45) is 0. The van der Waals surface area contributed by atoms with Gasteiger partial charge in [-0.15, -0.1) is 0 Å². The molecule has 0 radical (unpaired) electrons. The lowest BCUT2D eigenvalue weighted by Gasteiger charge is -2.10. The maximum Gasteiger partial charge on any atom is 0.235 e. The molecule has 27 heavy (non-hydrogen) atoms. The zero-order valence-electron chi connectivity index (χ0n) is 15.4. The molecule has 0 atom stereocenters. The molecule has 0 spiro atoms. The average molecular weight is 392 g/mol. The third-order valence-corrected chi connectivity index (χ3v) is 5.01. The molecular weight excluding hydrogens is 368 g/mol. The number of amides is 1. The van der Waals surface area contributed by atoms with Crippen LogP contribution in [-0.2, 0) is 27.1 Å². The third-order valence-electron chi connectivity index (χ3n) is 3.71. The van der Waals surface area contributed by atoms with Crippen molar-refractivity contribution in [2.45, 2.75) is 19.2 Å². The Bertz CT molecular complexity index is 851.